The summed E-state index contributed by atoms with van der Waals surface area (Å²) < 4.78 is 0. The van der Waals surface area contributed by atoms with Crippen molar-refractivity contribution in [3.63, 3.8) is 0 Å². The molecule has 2 heterocycles. The fraction of sp³-hybridized carbons (Fsp3) is 0.412. The van der Waals surface area contributed by atoms with E-state index >= 15 is 0 Å². The minimum atomic E-state index is 0.0762. The Balaban J connectivity index is 1.50. The summed E-state index contributed by atoms with van der Waals surface area (Å²) >= 11 is 1.50. The molecule has 2 aromatic rings. The maximum Gasteiger partial charge on any atom is 0.230 e. The van der Waals surface area contributed by atoms with Crippen LogP contribution in [0.2, 0.25) is 0 Å². The second-order valence-corrected chi connectivity index (χ2v) is 6.91. The average Bonchev–Trinajstić information content (AvgIpc) is 3.27. The number of amides is 1. The summed E-state index contributed by atoms with van der Waals surface area (Å²) in [5.41, 5.74) is 5.04. The summed E-state index contributed by atoms with van der Waals surface area (Å²) in [6.07, 6.45) is 4.54. The van der Waals surface area contributed by atoms with Gasteiger partial charge in [0.05, 0.1) is 11.6 Å². The van der Waals surface area contributed by atoms with Crippen molar-refractivity contribution in [1.82, 2.24) is 10.3 Å². The molecule has 1 unspecified atom stereocenters. The van der Waals surface area contributed by atoms with Crippen molar-refractivity contribution in [3.8, 4) is 11.3 Å². The molecule has 4 rings (SSSR count). The van der Waals surface area contributed by atoms with Gasteiger partial charge in [-0.15, -0.1) is 11.3 Å². The van der Waals surface area contributed by atoms with Crippen LogP contribution < -0.4 is 10.6 Å². The highest BCUT2D eigenvalue weighted by atomic mass is 32.1. The smallest absolute Gasteiger partial charge is 0.230 e. The molecule has 1 aliphatic heterocycles. The molecule has 5 heteroatoms. The number of hydrogen-bond acceptors (Lipinski definition) is 4. The van der Waals surface area contributed by atoms with Crippen molar-refractivity contribution in [3.05, 3.63) is 34.7 Å². The van der Waals surface area contributed by atoms with Crippen LogP contribution in [0.15, 0.2) is 23.6 Å². The van der Waals surface area contributed by atoms with Crippen LogP contribution >= 0.6 is 11.3 Å². The lowest BCUT2D eigenvalue weighted by molar-refractivity contribution is -0.119. The third kappa shape index (κ3) is 2.66. The number of aromatic nitrogens is 1. The van der Waals surface area contributed by atoms with E-state index in [0.717, 1.165) is 30.8 Å². The van der Waals surface area contributed by atoms with Gasteiger partial charge in [-0.2, -0.15) is 0 Å². The molecule has 1 aromatic heterocycles. The predicted molar refractivity (Wildman–Crippen MR) is 89.2 cm³/mol. The van der Waals surface area contributed by atoms with Crippen LogP contribution in [0, 0.1) is 5.92 Å². The van der Waals surface area contributed by atoms with Gasteiger partial charge in [0, 0.05) is 17.5 Å². The first-order chi connectivity index (χ1) is 10.8. The summed E-state index contributed by atoms with van der Waals surface area (Å²) in [6, 6.07) is 6.62. The number of fused-ring (bicyclic) bond motifs is 1. The van der Waals surface area contributed by atoms with Crippen LogP contribution in [0.4, 0.5) is 5.13 Å². The van der Waals surface area contributed by atoms with Crippen LogP contribution in [0.25, 0.3) is 11.3 Å². The molecule has 1 fully saturated rings. The standard InChI is InChI=1S/C17H19N3OS/c21-16(14-6-7-18-9-14)20-17-19-15(10-22-17)13-5-4-11-2-1-3-12(11)8-13/h4-5,8,10,14,18H,1-3,6-7,9H2,(H,19,20,21). The molecular weight excluding hydrogens is 294 g/mol. The third-order valence-electron chi connectivity index (χ3n) is 4.56. The average molecular weight is 313 g/mol. The van der Waals surface area contributed by atoms with Crippen molar-refractivity contribution in [2.45, 2.75) is 25.7 Å². The lowest BCUT2D eigenvalue weighted by Crippen LogP contribution is -2.24. The highest BCUT2D eigenvalue weighted by Crippen LogP contribution is 2.30. The van der Waals surface area contributed by atoms with E-state index in [4.69, 9.17) is 0 Å². The quantitative estimate of drug-likeness (QED) is 0.916. The number of nitrogens with one attached hydrogen (secondary N) is 2. The molecule has 1 aromatic carbocycles. The monoisotopic (exact) mass is 313 g/mol. The summed E-state index contributed by atoms with van der Waals surface area (Å²) in [5, 5.41) is 8.90. The Hall–Kier alpha value is -1.72. The largest absolute Gasteiger partial charge is 0.316 e. The van der Waals surface area contributed by atoms with Crippen molar-refractivity contribution < 1.29 is 4.79 Å². The van der Waals surface area contributed by atoms with Gasteiger partial charge in [-0.3, -0.25) is 4.79 Å². The lowest BCUT2D eigenvalue weighted by atomic mass is 10.1. The van der Waals surface area contributed by atoms with Crippen LogP contribution in [0.1, 0.15) is 24.0 Å². The maximum absolute atomic E-state index is 12.1. The highest BCUT2D eigenvalue weighted by Gasteiger charge is 2.23. The number of benzene rings is 1. The number of aryl methyl sites for hydroxylation is 2. The van der Waals surface area contributed by atoms with Gasteiger partial charge in [-0.25, -0.2) is 4.98 Å². The number of carbonyl (C=O) groups excluding carboxylic acids is 1. The highest BCUT2D eigenvalue weighted by molar-refractivity contribution is 7.14. The van der Waals surface area contributed by atoms with Crippen LogP contribution in [-0.2, 0) is 17.6 Å². The molecule has 22 heavy (non-hydrogen) atoms. The zero-order chi connectivity index (χ0) is 14.9. The molecule has 1 saturated heterocycles. The summed E-state index contributed by atoms with van der Waals surface area (Å²) in [5.74, 6) is 0.159. The lowest BCUT2D eigenvalue weighted by Gasteiger charge is -2.06. The van der Waals surface area contributed by atoms with E-state index in [0.29, 0.717) is 5.13 Å². The van der Waals surface area contributed by atoms with E-state index in [1.165, 1.54) is 41.7 Å². The van der Waals surface area contributed by atoms with Gasteiger partial charge < -0.3 is 10.6 Å². The predicted octanol–water partition coefficient (Wildman–Crippen LogP) is 2.85. The number of anilines is 1. The Kier molecular flexibility index (Phi) is 3.68. The van der Waals surface area contributed by atoms with E-state index in [-0.39, 0.29) is 11.8 Å². The van der Waals surface area contributed by atoms with Gasteiger partial charge in [0.1, 0.15) is 0 Å². The molecule has 1 aliphatic carbocycles. The second-order valence-electron chi connectivity index (χ2n) is 6.05. The van der Waals surface area contributed by atoms with Gasteiger partial charge in [0.25, 0.3) is 0 Å². The Morgan fingerprint density at radius 3 is 3.09 bits per heavy atom. The minimum absolute atomic E-state index is 0.0762. The van der Waals surface area contributed by atoms with Crippen LogP contribution in [0.5, 0.6) is 0 Å². The topological polar surface area (TPSA) is 54.0 Å². The first kappa shape index (κ1) is 13.9. The molecule has 4 nitrogen and oxygen atoms in total. The zero-order valence-corrected chi connectivity index (χ0v) is 13.2. The first-order valence-corrected chi connectivity index (χ1v) is 8.77. The van der Waals surface area contributed by atoms with E-state index in [1.54, 1.807) is 0 Å². The van der Waals surface area contributed by atoms with Crippen molar-refractivity contribution in [1.29, 1.82) is 0 Å². The SMILES string of the molecule is O=C(Nc1nc(-c2ccc3c(c2)CCC3)cs1)C1CCNC1. The number of nitrogens with zero attached hydrogens (tertiary/aromatic N) is 1. The van der Waals surface area contributed by atoms with E-state index in [9.17, 15) is 4.79 Å². The number of rotatable bonds is 3. The summed E-state index contributed by atoms with van der Waals surface area (Å²) in [4.78, 5) is 16.7. The van der Waals surface area contributed by atoms with Gasteiger partial charge in [0.15, 0.2) is 5.13 Å². The Bertz CT molecular complexity index is 704. The molecule has 1 amide bonds. The Morgan fingerprint density at radius 2 is 2.23 bits per heavy atom. The summed E-state index contributed by atoms with van der Waals surface area (Å²) in [7, 11) is 0. The fourth-order valence-electron chi connectivity index (χ4n) is 3.28. The van der Waals surface area contributed by atoms with Crippen molar-refractivity contribution in [2.75, 3.05) is 18.4 Å². The number of thiazole rings is 1. The second kappa shape index (κ2) is 5.82. The van der Waals surface area contributed by atoms with E-state index in [2.05, 4.69) is 33.8 Å². The molecule has 0 bridgehead atoms. The van der Waals surface area contributed by atoms with Crippen molar-refractivity contribution in [2.24, 2.45) is 5.92 Å². The molecule has 0 saturated carbocycles. The molecule has 0 spiro atoms. The van der Waals surface area contributed by atoms with Gasteiger partial charge >= 0.3 is 0 Å². The molecule has 1 atom stereocenters. The van der Waals surface area contributed by atoms with Crippen molar-refractivity contribution >= 4 is 22.4 Å². The van der Waals surface area contributed by atoms with Crippen LogP contribution in [-0.4, -0.2) is 24.0 Å². The van der Waals surface area contributed by atoms with E-state index < -0.39 is 0 Å². The first-order valence-electron chi connectivity index (χ1n) is 7.89. The van der Waals surface area contributed by atoms with Gasteiger partial charge in [0.2, 0.25) is 5.91 Å². The zero-order valence-electron chi connectivity index (χ0n) is 12.4. The van der Waals surface area contributed by atoms with Gasteiger partial charge in [-0.05, 0) is 49.4 Å². The Morgan fingerprint density at radius 1 is 1.32 bits per heavy atom. The number of hydrogen-bond donors (Lipinski definition) is 2. The molecule has 0 radical (unpaired) electrons. The summed E-state index contributed by atoms with van der Waals surface area (Å²) in [6.45, 7) is 1.70. The minimum Gasteiger partial charge on any atom is -0.316 e. The van der Waals surface area contributed by atoms with Gasteiger partial charge in [-0.1, -0.05) is 12.1 Å². The molecule has 2 aliphatic rings. The molecule has 2 N–H and O–H groups in total. The maximum atomic E-state index is 12.1. The van der Waals surface area contributed by atoms with E-state index in [1.807, 2.05) is 5.38 Å². The Labute approximate surface area is 134 Å². The molecular formula is C17H19N3OS. The number of carbonyl (C=O) groups is 1. The normalized spacial score (nSPS) is 20.1. The molecule has 114 valence electrons. The fourth-order valence-corrected chi connectivity index (χ4v) is 4.00. The third-order valence-corrected chi connectivity index (χ3v) is 5.32. The van der Waals surface area contributed by atoms with Crippen LogP contribution in [0.3, 0.4) is 0 Å².